The maximum atomic E-state index is 12.3. The Kier molecular flexibility index (Phi) is 6.16. The number of nitrogens with zero attached hydrogens (tertiary/aromatic N) is 1. The first-order valence-electron chi connectivity index (χ1n) is 8.34. The van der Waals surface area contributed by atoms with Gasteiger partial charge in [0, 0.05) is 23.6 Å². The molecule has 0 atom stereocenters. The van der Waals surface area contributed by atoms with Crippen molar-refractivity contribution in [2.45, 2.75) is 27.7 Å². The van der Waals surface area contributed by atoms with E-state index in [1.165, 1.54) is 0 Å². The number of carbonyl (C=O) groups is 3. The van der Waals surface area contributed by atoms with Crippen molar-refractivity contribution in [3.8, 4) is 5.69 Å². The fraction of sp³-hybridized carbons (Fsp3) is 0.316. The summed E-state index contributed by atoms with van der Waals surface area (Å²) in [4.78, 5) is 35.3. The van der Waals surface area contributed by atoms with E-state index in [9.17, 15) is 14.4 Å². The van der Waals surface area contributed by atoms with E-state index in [1.807, 2.05) is 49.6 Å². The number of urea groups is 1. The second-order valence-electron chi connectivity index (χ2n) is 5.89. The molecule has 0 saturated heterocycles. The lowest BCUT2D eigenvalue weighted by molar-refractivity contribution is -0.123. The Hall–Kier alpha value is -3.09. The van der Waals surface area contributed by atoms with E-state index in [2.05, 4.69) is 10.6 Å². The van der Waals surface area contributed by atoms with E-state index in [4.69, 9.17) is 4.74 Å². The zero-order valence-corrected chi connectivity index (χ0v) is 15.4. The van der Waals surface area contributed by atoms with Crippen molar-refractivity contribution in [3.63, 3.8) is 0 Å². The second-order valence-corrected chi connectivity index (χ2v) is 5.89. The van der Waals surface area contributed by atoms with Crippen molar-refractivity contribution < 1.29 is 19.1 Å². The van der Waals surface area contributed by atoms with Gasteiger partial charge in [0.25, 0.3) is 5.91 Å². The number of nitrogens with one attached hydrogen (secondary N) is 2. The molecule has 0 aliphatic carbocycles. The van der Waals surface area contributed by atoms with Crippen molar-refractivity contribution in [2.75, 3.05) is 13.2 Å². The molecule has 2 N–H and O–H groups in total. The van der Waals surface area contributed by atoms with Crippen LogP contribution in [0.3, 0.4) is 0 Å². The lowest BCUT2D eigenvalue weighted by atomic mass is 10.2. The Morgan fingerprint density at radius 2 is 1.81 bits per heavy atom. The number of para-hydroxylation sites is 1. The van der Waals surface area contributed by atoms with Crippen LogP contribution in [0.25, 0.3) is 5.69 Å². The van der Waals surface area contributed by atoms with Crippen LogP contribution in [0.4, 0.5) is 4.79 Å². The number of esters is 1. The summed E-state index contributed by atoms with van der Waals surface area (Å²) in [5.74, 6) is -1.29. The van der Waals surface area contributed by atoms with Crippen LogP contribution in [-0.4, -0.2) is 35.6 Å². The number of benzene rings is 1. The van der Waals surface area contributed by atoms with Gasteiger partial charge in [0.15, 0.2) is 6.61 Å². The van der Waals surface area contributed by atoms with Gasteiger partial charge in [-0.25, -0.2) is 9.59 Å². The number of aryl methyl sites for hydroxylation is 2. The minimum Gasteiger partial charge on any atom is -0.452 e. The van der Waals surface area contributed by atoms with Gasteiger partial charge in [-0.2, -0.15) is 0 Å². The summed E-state index contributed by atoms with van der Waals surface area (Å²) in [7, 11) is 0. The Morgan fingerprint density at radius 1 is 1.12 bits per heavy atom. The summed E-state index contributed by atoms with van der Waals surface area (Å²) in [6.07, 6.45) is 0. The quantitative estimate of drug-likeness (QED) is 0.804. The first-order chi connectivity index (χ1) is 12.3. The molecule has 0 radical (unpaired) electrons. The fourth-order valence-corrected chi connectivity index (χ4v) is 2.73. The molecular weight excluding hydrogens is 334 g/mol. The van der Waals surface area contributed by atoms with Crippen molar-refractivity contribution in [3.05, 3.63) is 52.8 Å². The van der Waals surface area contributed by atoms with Gasteiger partial charge in [0.1, 0.15) is 0 Å². The molecule has 1 aromatic carbocycles. The maximum absolute atomic E-state index is 12.3. The van der Waals surface area contributed by atoms with E-state index < -0.39 is 24.5 Å². The molecule has 0 unspecified atom stereocenters. The van der Waals surface area contributed by atoms with Gasteiger partial charge in [0.2, 0.25) is 0 Å². The molecule has 2 rings (SSSR count). The minimum atomic E-state index is -0.683. The standard InChI is InChI=1S/C19H23N3O4/c1-5-20-19(25)21-17(23)11-26-18(24)15-10-13(3)22(14(15)4)16-9-7-6-8-12(16)2/h6-10H,5,11H2,1-4H3,(H2,20,21,23,25). The van der Waals surface area contributed by atoms with Crippen LogP contribution in [0, 0.1) is 20.8 Å². The SMILES string of the molecule is CCNC(=O)NC(=O)COC(=O)c1cc(C)n(-c2ccccc2C)c1C. The Morgan fingerprint density at radius 3 is 2.46 bits per heavy atom. The summed E-state index contributed by atoms with van der Waals surface area (Å²) >= 11 is 0. The number of rotatable bonds is 5. The molecule has 0 aliphatic rings. The second kappa shape index (κ2) is 8.33. The summed E-state index contributed by atoms with van der Waals surface area (Å²) in [5.41, 5.74) is 4.06. The first-order valence-corrected chi connectivity index (χ1v) is 8.34. The minimum absolute atomic E-state index is 0.386. The Bertz CT molecular complexity index is 839. The van der Waals surface area contributed by atoms with E-state index >= 15 is 0 Å². The van der Waals surface area contributed by atoms with Crippen LogP contribution < -0.4 is 10.6 Å². The van der Waals surface area contributed by atoms with Crippen molar-refractivity contribution in [1.29, 1.82) is 0 Å². The molecule has 0 spiro atoms. The molecule has 7 nitrogen and oxygen atoms in total. The van der Waals surface area contributed by atoms with Crippen LogP contribution in [0.2, 0.25) is 0 Å². The van der Waals surface area contributed by atoms with Gasteiger partial charge in [0.05, 0.1) is 5.56 Å². The average molecular weight is 357 g/mol. The molecule has 138 valence electrons. The van der Waals surface area contributed by atoms with Crippen LogP contribution in [0.5, 0.6) is 0 Å². The predicted molar refractivity (Wildman–Crippen MR) is 97.5 cm³/mol. The van der Waals surface area contributed by atoms with E-state index in [0.29, 0.717) is 12.1 Å². The average Bonchev–Trinajstić information content (AvgIpc) is 2.88. The number of amides is 3. The maximum Gasteiger partial charge on any atom is 0.340 e. The third kappa shape index (κ3) is 4.30. The number of hydrogen-bond donors (Lipinski definition) is 2. The largest absolute Gasteiger partial charge is 0.452 e. The molecule has 7 heteroatoms. The van der Waals surface area contributed by atoms with Gasteiger partial charge >= 0.3 is 12.0 Å². The van der Waals surface area contributed by atoms with E-state index in [0.717, 1.165) is 22.6 Å². The van der Waals surface area contributed by atoms with Gasteiger partial charge in [-0.1, -0.05) is 18.2 Å². The predicted octanol–water partition coefficient (Wildman–Crippen LogP) is 2.41. The van der Waals surface area contributed by atoms with Crippen molar-refractivity contribution in [2.24, 2.45) is 0 Å². The number of aromatic nitrogens is 1. The smallest absolute Gasteiger partial charge is 0.340 e. The molecule has 1 aromatic heterocycles. The number of ether oxygens (including phenoxy) is 1. The monoisotopic (exact) mass is 357 g/mol. The Balaban J connectivity index is 2.11. The van der Waals surface area contributed by atoms with Gasteiger partial charge < -0.3 is 14.6 Å². The third-order valence-electron chi connectivity index (χ3n) is 3.93. The summed E-state index contributed by atoms with van der Waals surface area (Å²) in [6, 6.07) is 8.97. The highest BCUT2D eigenvalue weighted by Gasteiger charge is 2.19. The molecule has 0 saturated carbocycles. The number of carbonyl (C=O) groups excluding carboxylic acids is 3. The molecule has 2 aromatic rings. The highest BCUT2D eigenvalue weighted by molar-refractivity contribution is 5.97. The summed E-state index contributed by atoms with van der Waals surface area (Å²) in [6.45, 7) is 7.32. The molecule has 26 heavy (non-hydrogen) atoms. The van der Waals surface area contributed by atoms with Crippen LogP contribution in [0.15, 0.2) is 30.3 Å². The van der Waals surface area contributed by atoms with Crippen LogP contribution in [0.1, 0.15) is 34.2 Å². The van der Waals surface area contributed by atoms with Crippen molar-refractivity contribution >= 4 is 17.9 Å². The number of imide groups is 1. The van der Waals surface area contributed by atoms with Crippen molar-refractivity contribution in [1.82, 2.24) is 15.2 Å². The third-order valence-corrected chi connectivity index (χ3v) is 3.93. The first kappa shape index (κ1) is 19.2. The number of hydrogen-bond acceptors (Lipinski definition) is 4. The van der Waals surface area contributed by atoms with E-state index in [-0.39, 0.29) is 0 Å². The summed E-state index contributed by atoms with van der Waals surface area (Å²) < 4.78 is 7.01. The lowest BCUT2D eigenvalue weighted by Crippen LogP contribution is -2.41. The lowest BCUT2D eigenvalue weighted by Gasteiger charge is -2.12. The van der Waals surface area contributed by atoms with Crippen LogP contribution >= 0.6 is 0 Å². The van der Waals surface area contributed by atoms with Gasteiger partial charge in [-0.15, -0.1) is 0 Å². The fourth-order valence-electron chi connectivity index (χ4n) is 2.73. The molecular formula is C19H23N3O4. The van der Waals surface area contributed by atoms with Gasteiger partial charge in [-0.3, -0.25) is 10.1 Å². The molecule has 3 amide bonds. The van der Waals surface area contributed by atoms with Crippen LogP contribution in [-0.2, 0) is 9.53 Å². The Labute approximate surface area is 152 Å². The summed E-state index contributed by atoms with van der Waals surface area (Å²) in [5, 5.41) is 4.51. The highest BCUT2D eigenvalue weighted by Crippen LogP contribution is 2.23. The zero-order valence-electron chi connectivity index (χ0n) is 15.4. The molecule has 0 aliphatic heterocycles. The molecule has 1 heterocycles. The topological polar surface area (TPSA) is 89.4 Å². The van der Waals surface area contributed by atoms with Gasteiger partial charge in [-0.05, 0) is 45.4 Å². The molecule has 0 bridgehead atoms. The highest BCUT2D eigenvalue weighted by atomic mass is 16.5. The molecule has 0 fully saturated rings. The van der Waals surface area contributed by atoms with E-state index in [1.54, 1.807) is 13.0 Å². The zero-order chi connectivity index (χ0) is 19.3. The normalized spacial score (nSPS) is 10.3.